The Kier molecular flexibility index (Phi) is 9.94. The van der Waals surface area contributed by atoms with Gasteiger partial charge in [-0.2, -0.15) is 4.98 Å². The van der Waals surface area contributed by atoms with Crippen molar-refractivity contribution in [2.45, 2.75) is 6.54 Å². The fourth-order valence-electron chi connectivity index (χ4n) is 5.09. The molecule has 3 aromatic carbocycles. The predicted molar refractivity (Wildman–Crippen MR) is 194 cm³/mol. The lowest BCUT2D eigenvalue weighted by atomic mass is 10.2. The number of methoxy groups -OCH3 is 1. The maximum atomic E-state index is 13.3. The lowest BCUT2D eigenvalue weighted by molar-refractivity contribution is -0.127. The zero-order chi connectivity index (χ0) is 35.9. The molecule has 1 aliphatic heterocycles. The molecular formula is C33H25BrCl2N6O7S. The first kappa shape index (κ1) is 35.0. The van der Waals surface area contributed by atoms with Gasteiger partial charge in [-0.3, -0.25) is 37.8 Å². The molecule has 5 aromatic rings. The van der Waals surface area contributed by atoms with Crippen LogP contribution >= 0.6 is 50.9 Å². The Bertz CT molecular complexity index is 2370. The number of rotatable bonds is 9. The summed E-state index contributed by atoms with van der Waals surface area (Å²) >= 11 is 16.6. The van der Waals surface area contributed by atoms with E-state index in [1.807, 2.05) is 0 Å². The third-order valence-corrected chi connectivity index (χ3v) is 9.67. The average Bonchev–Trinajstić information content (AvgIpc) is 3.57. The standard InChI is InChI=1S/C33H25BrCl2N6O7S/c1-39-28-27(30(45)40(2)32(39)46)41(15-18-5-8-20(35)14-22(18)36)31(38-28)49-23-11-4-17(12-24(23)48-3)13-25-29(44)42(33(47)50-25)16-26(43)37-21-9-6-19(34)7-10-21/h4-14H,15-16H2,1-3H3,(H,37,43). The summed E-state index contributed by atoms with van der Waals surface area (Å²) in [7, 11) is 4.28. The molecule has 2 aromatic heterocycles. The normalized spacial score (nSPS) is 13.8. The lowest BCUT2D eigenvalue weighted by Gasteiger charge is -2.14. The van der Waals surface area contributed by atoms with Crippen LogP contribution in [-0.2, 0) is 30.2 Å². The molecule has 13 nitrogen and oxygen atoms in total. The molecule has 3 amide bonds. The number of aryl methyl sites for hydroxylation is 1. The second-order valence-corrected chi connectivity index (χ2v) is 13.7. The van der Waals surface area contributed by atoms with Crippen LogP contribution in [0, 0.1) is 0 Å². The average molecular weight is 800 g/mol. The summed E-state index contributed by atoms with van der Waals surface area (Å²) in [6.07, 6.45) is 1.50. The van der Waals surface area contributed by atoms with E-state index in [9.17, 15) is 24.0 Å². The summed E-state index contributed by atoms with van der Waals surface area (Å²) in [5.41, 5.74) is 0.667. The first-order valence-corrected chi connectivity index (χ1v) is 17.0. The van der Waals surface area contributed by atoms with Crippen molar-refractivity contribution >= 4 is 90.9 Å². The van der Waals surface area contributed by atoms with E-state index in [0.29, 0.717) is 38.6 Å². The highest BCUT2D eigenvalue weighted by atomic mass is 79.9. The van der Waals surface area contributed by atoms with E-state index in [1.165, 1.54) is 36.4 Å². The molecule has 0 saturated carbocycles. The summed E-state index contributed by atoms with van der Waals surface area (Å²) in [4.78, 5) is 69.9. The van der Waals surface area contributed by atoms with Crippen molar-refractivity contribution in [1.29, 1.82) is 0 Å². The molecule has 0 unspecified atom stereocenters. The van der Waals surface area contributed by atoms with Gasteiger partial charge in [-0.15, -0.1) is 0 Å². The van der Waals surface area contributed by atoms with Gasteiger partial charge in [0, 0.05) is 34.3 Å². The number of imide groups is 1. The molecular weight excluding hydrogens is 775 g/mol. The Morgan fingerprint density at radius 3 is 2.42 bits per heavy atom. The van der Waals surface area contributed by atoms with Gasteiger partial charge < -0.3 is 14.8 Å². The van der Waals surface area contributed by atoms with E-state index in [1.54, 1.807) is 60.7 Å². The number of thioether (sulfide) groups is 1. The van der Waals surface area contributed by atoms with Crippen LogP contribution in [0.25, 0.3) is 17.2 Å². The van der Waals surface area contributed by atoms with Gasteiger partial charge in [0.15, 0.2) is 22.7 Å². The first-order chi connectivity index (χ1) is 23.8. The van der Waals surface area contributed by atoms with Crippen molar-refractivity contribution in [2.24, 2.45) is 14.1 Å². The van der Waals surface area contributed by atoms with Crippen LogP contribution in [0.2, 0.25) is 10.0 Å². The molecule has 1 saturated heterocycles. The molecule has 50 heavy (non-hydrogen) atoms. The molecule has 1 fully saturated rings. The highest BCUT2D eigenvalue weighted by Crippen LogP contribution is 2.37. The minimum absolute atomic E-state index is 0.0297. The Morgan fingerprint density at radius 1 is 0.980 bits per heavy atom. The van der Waals surface area contributed by atoms with E-state index in [0.717, 1.165) is 13.9 Å². The molecule has 256 valence electrons. The van der Waals surface area contributed by atoms with Crippen LogP contribution in [0.4, 0.5) is 10.5 Å². The highest BCUT2D eigenvalue weighted by molar-refractivity contribution is 9.10. The SMILES string of the molecule is COc1cc(C=C2SC(=O)N(CC(=O)Nc3ccc(Br)cc3)C2=O)ccc1Oc1nc2c(c(=O)n(C)c(=O)n2C)n1Cc1ccc(Cl)cc1Cl. The molecule has 0 spiro atoms. The number of benzene rings is 3. The van der Waals surface area contributed by atoms with E-state index >= 15 is 0 Å². The molecule has 0 bridgehead atoms. The van der Waals surface area contributed by atoms with Crippen LogP contribution in [0.15, 0.2) is 79.6 Å². The zero-order valence-corrected chi connectivity index (χ0v) is 30.3. The van der Waals surface area contributed by atoms with Crippen LogP contribution < -0.4 is 26.0 Å². The van der Waals surface area contributed by atoms with Crippen LogP contribution in [0.3, 0.4) is 0 Å². The van der Waals surface area contributed by atoms with Gasteiger partial charge >= 0.3 is 11.7 Å². The second-order valence-electron chi connectivity index (χ2n) is 10.9. The van der Waals surface area contributed by atoms with Gasteiger partial charge in [-0.05, 0) is 77.5 Å². The molecule has 1 N–H and O–H groups in total. The van der Waals surface area contributed by atoms with Crippen LogP contribution in [0.1, 0.15) is 11.1 Å². The van der Waals surface area contributed by atoms with Crippen molar-refractivity contribution in [1.82, 2.24) is 23.6 Å². The molecule has 17 heteroatoms. The summed E-state index contributed by atoms with van der Waals surface area (Å²) in [5, 5.41) is 2.86. The number of hydrogen-bond donors (Lipinski definition) is 1. The van der Waals surface area contributed by atoms with E-state index in [4.69, 9.17) is 32.7 Å². The number of carbonyl (C=O) groups is 3. The summed E-state index contributed by atoms with van der Waals surface area (Å²) in [6, 6.07) is 16.6. The number of hydrogen-bond acceptors (Lipinski definition) is 9. The maximum Gasteiger partial charge on any atom is 0.332 e. The molecule has 0 radical (unpaired) electrons. The predicted octanol–water partition coefficient (Wildman–Crippen LogP) is 6.03. The summed E-state index contributed by atoms with van der Waals surface area (Å²) < 4.78 is 16.3. The van der Waals surface area contributed by atoms with Crippen molar-refractivity contribution in [3.05, 3.63) is 112 Å². The van der Waals surface area contributed by atoms with Crippen molar-refractivity contribution in [3.63, 3.8) is 0 Å². The summed E-state index contributed by atoms with van der Waals surface area (Å²) in [6.45, 7) is -0.405. The van der Waals surface area contributed by atoms with E-state index in [2.05, 4.69) is 26.2 Å². The summed E-state index contributed by atoms with van der Waals surface area (Å²) in [5.74, 6) is -0.715. The topological polar surface area (TPSA) is 147 Å². The number of ether oxygens (including phenoxy) is 2. The third kappa shape index (κ3) is 6.94. The van der Waals surface area contributed by atoms with Crippen molar-refractivity contribution < 1.29 is 23.9 Å². The van der Waals surface area contributed by atoms with Crippen molar-refractivity contribution in [3.8, 4) is 17.5 Å². The zero-order valence-electron chi connectivity index (χ0n) is 26.4. The number of nitrogens with one attached hydrogen (secondary N) is 1. The third-order valence-electron chi connectivity index (χ3n) is 7.65. The second kappa shape index (κ2) is 14.2. The first-order valence-electron chi connectivity index (χ1n) is 14.6. The molecule has 3 heterocycles. The molecule has 0 atom stereocenters. The number of aromatic nitrogens is 4. The monoisotopic (exact) mass is 798 g/mol. The van der Waals surface area contributed by atoms with Gasteiger partial charge in [0.25, 0.3) is 16.7 Å². The number of amides is 3. The quantitative estimate of drug-likeness (QED) is 0.177. The molecule has 1 aliphatic rings. The Hall–Kier alpha value is -4.83. The number of carbonyl (C=O) groups excluding carboxylic acids is 3. The maximum absolute atomic E-state index is 13.3. The smallest absolute Gasteiger partial charge is 0.332 e. The lowest BCUT2D eigenvalue weighted by Crippen LogP contribution is -2.37. The van der Waals surface area contributed by atoms with Gasteiger partial charge in [-0.25, -0.2) is 4.79 Å². The molecule has 0 aliphatic carbocycles. The van der Waals surface area contributed by atoms with Crippen LogP contribution in [0.5, 0.6) is 17.5 Å². The van der Waals surface area contributed by atoms with Gasteiger partial charge in [-0.1, -0.05) is 51.3 Å². The van der Waals surface area contributed by atoms with Crippen LogP contribution in [-0.4, -0.2) is 54.3 Å². The van der Waals surface area contributed by atoms with E-state index < -0.39 is 34.8 Å². The highest BCUT2D eigenvalue weighted by Gasteiger charge is 2.36. The number of imidazole rings is 1. The number of fused-ring (bicyclic) bond motifs is 1. The molecule has 6 rings (SSSR count). The fraction of sp³-hybridized carbons (Fsp3) is 0.152. The Morgan fingerprint density at radius 2 is 1.72 bits per heavy atom. The Balaban J connectivity index is 1.29. The number of halogens is 3. The minimum atomic E-state index is -0.619. The fourth-order valence-corrected chi connectivity index (χ4v) is 6.66. The minimum Gasteiger partial charge on any atom is -0.493 e. The largest absolute Gasteiger partial charge is 0.493 e. The van der Waals surface area contributed by atoms with Crippen molar-refractivity contribution in [2.75, 3.05) is 19.0 Å². The van der Waals surface area contributed by atoms with Gasteiger partial charge in [0.05, 0.1) is 18.6 Å². The number of nitrogens with zero attached hydrogens (tertiary/aromatic N) is 5. The Labute approximate surface area is 306 Å². The number of anilines is 1. The van der Waals surface area contributed by atoms with E-state index in [-0.39, 0.29) is 40.1 Å². The van der Waals surface area contributed by atoms with Gasteiger partial charge in [0.1, 0.15) is 6.54 Å². The van der Waals surface area contributed by atoms with Gasteiger partial charge in [0.2, 0.25) is 5.91 Å².